The second-order valence-corrected chi connectivity index (χ2v) is 9.00. The van der Waals surface area contributed by atoms with Crippen molar-refractivity contribution in [3.05, 3.63) is 53.0 Å². The molecule has 1 heterocycles. The molecule has 0 bridgehead atoms. The summed E-state index contributed by atoms with van der Waals surface area (Å²) in [7, 11) is 1.60. The number of hydrogen-bond donors (Lipinski definition) is 3. The Morgan fingerprint density at radius 1 is 1.12 bits per heavy atom. The van der Waals surface area contributed by atoms with Crippen molar-refractivity contribution in [3.63, 3.8) is 0 Å². The van der Waals surface area contributed by atoms with Crippen LogP contribution in [0.4, 0.5) is 15.6 Å². The lowest BCUT2D eigenvalue weighted by atomic mass is 9.98. The Morgan fingerprint density at radius 2 is 1.88 bits per heavy atom. The van der Waals surface area contributed by atoms with Crippen LogP contribution in [0.25, 0.3) is 10.6 Å². The minimum Gasteiger partial charge on any atom is -0.497 e. The van der Waals surface area contributed by atoms with Crippen LogP contribution in [0.5, 0.6) is 5.75 Å². The maximum absolute atomic E-state index is 13.0. The maximum atomic E-state index is 13.0. The lowest BCUT2D eigenvalue weighted by molar-refractivity contribution is -0.119. The molecule has 2 atom stereocenters. The molecule has 3 rings (SSSR count). The van der Waals surface area contributed by atoms with Gasteiger partial charge < -0.3 is 15.4 Å². The van der Waals surface area contributed by atoms with Gasteiger partial charge in [-0.05, 0) is 42.3 Å². The highest BCUT2D eigenvalue weighted by Gasteiger charge is 2.27. The average Bonchev–Trinajstić information content (AvgIpc) is 3.27. The highest BCUT2D eigenvalue weighted by atomic mass is 79.9. The number of urea groups is 1. The summed E-state index contributed by atoms with van der Waals surface area (Å²) in [5, 5.41) is 17.5. The average molecular weight is 518 g/mol. The minimum atomic E-state index is -0.736. The molecule has 0 fully saturated rings. The largest absolute Gasteiger partial charge is 0.497 e. The van der Waals surface area contributed by atoms with E-state index in [0.29, 0.717) is 28.0 Å². The second-order valence-electron chi connectivity index (χ2n) is 7.10. The lowest BCUT2D eigenvalue weighted by Crippen LogP contribution is -2.49. The van der Waals surface area contributed by atoms with Crippen LogP contribution < -0.4 is 20.7 Å². The first-order chi connectivity index (χ1) is 15.4. The smallest absolute Gasteiger partial charge is 0.319 e. The van der Waals surface area contributed by atoms with Crippen LogP contribution in [0.3, 0.4) is 0 Å². The molecule has 0 saturated carbocycles. The van der Waals surface area contributed by atoms with Crippen molar-refractivity contribution < 1.29 is 14.3 Å². The number of anilines is 2. The molecule has 2 unspecified atom stereocenters. The number of carbonyl (C=O) groups is 2. The first-order valence-electron chi connectivity index (χ1n) is 10.0. The topological polar surface area (TPSA) is 105 Å². The highest BCUT2D eigenvalue weighted by Crippen LogP contribution is 2.29. The summed E-state index contributed by atoms with van der Waals surface area (Å²) in [6.45, 7) is 3.87. The van der Waals surface area contributed by atoms with E-state index in [2.05, 4.69) is 42.1 Å². The van der Waals surface area contributed by atoms with Crippen molar-refractivity contribution >= 4 is 50.0 Å². The number of amides is 3. The van der Waals surface area contributed by atoms with Gasteiger partial charge in [0.1, 0.15) is 16.8 Å². The van der Waals surface area contributed by atoms with Gasteiger partial charge in [0.05, 0.1) is 7.11 Å². The third kappa shape index (κ3) is 6.27. The third-order valence-electron chi connectivity index (χ3n) is 4.86. The van der Waals surface area contributed by atoms with E-state index in [1.807, 2.05) is 50.2 Å². The van der Waals surface area contributed by atoms with E-state index in [4.69, 9.17) is 4.74 Å². The molecule has 8 nitrogen and oxygen atoms in total. The van der Waals surface area contributed by atoms with Crippen molar-refractivity contribution in [3.8, 4) is 16.3 Å². The van der Waals surface area contributed by atoms with Crippen LogP contribution in [-0.2, 0) is 4.79 Å². The predicted molar refractivity (Wildman–Crippen MR) is 130 cm³/mol. The van der Waals surface area contributed by atoms with Gasteiger partial charge in [0.2, 0.25) is 11.0 Å². The molecule has 2 aromatic carbocycles. The van der Waals surface area contributed by atoms with Gasteiger partial charge in [0.25, 0.3) is 0 Å². The standard InChI is InChI=1S/C22H24BrN5O3S/c1-4-13(2)18(25-21(30)24-16-10-8-15(23)9-11-16)19(29)26-22-28-27-20(32-22)14-6-5-7-17(12-14)31-3/h5-13,18H,4H2,1-3H3,(H2,24,25,30)(H,26,28,29). The molecule has 0 aliphatic rings. The zero-order chi connectivity index (χ0) is 23.1. The molecular formula is C22H24BrN5O3S. The highest BCUT2D eigenvalue weighted by molar-refractivity contribution is 9.10. The van der Waals surface area contributed by atoms with Crippen LogP contribution in [0, 0.1) is 5.92 Å². The van der Waals surface area contributed by atoms with E-state index >= 15 is 0 Å². The number of ether oxygens (including phenoxy) is 1. The molecule has 168 valence electrons. The fourth-order valence-electron chi connectivity index (χ4n) is 2.87. The number of methoxy groups -OCH3 is 1. The normalized spacial score (nSPS) is 12.5. The quantitative estimate of drug-likeness (QED) is 0.383. The van der Waals surface area contributed by atoms with Crippen molar-refractivity contribution in [2.45, 2.75) is 26.3 Å². The van der Waals surface area contributed by atoms with Gasteiger partial charge in [-0.2, -0.15) is 0 Å². The summed E-state index contributed by atoms with van der Waals surface area (Å²) in [5.74, 6) is 0.274. The summed E-state index contributed by atoms with van der Waals surface area (Å²) >= 11 is 4.61. The van der Waals surface area contributed by atoms with E-state index < -0.39 is 12.1 Å². The van der Waals surface area contributed by atoms with Crippen LogP contribution >= 0.6 is 27.3 Å². The Bertz CT molecular complexity index is 1070. The third-order valence-corrected chi connectivity index (χ3v) is 6.27. The van der Waals surface area contributed by atoms with Crippen molar-refractivity contribution in [2.75, 3.05) is 17.7 Å². The number of nitrogens with zero attached hydrogens (tertiary/aromatic N) is 2. The number of rotatable bonds is 8. The summed E-state index contributed by atoms with van der Waals surface area (Å²) in [4.78, 5) is 25.4. The monoisotopic (exact) mass is 517 g/mol. The SMILES string of the molecule is CCC(C)C(NC(=O)Nc1ccc(Br)cc1)C(=O)Nc1nnc(-c2cccc(OC)c2)s1. The van der Waals surface area contributed by atoms with E-state index in [0.717, 1.165) is 10.0 Å². The lowest BCUT2D eigenvalue weighted by Gasteiger charge is -2.23. The van der Waals surface area contributed by atoms with Gasteiger partial charge in [-0.3, -0.25) is 10.1 Å². The summed E-state index contributed by atoms with van der Waals surface area (Å²) in [6, 6.07) is 13.4. The molecule has 1 aromatic heterocycles. The molecule has 3 N–H and O–H groups in total. The Kier molecular flexibility index (Phi) is 8.18. The Balaban J connectivity index is 1.67. The Labute approximate surface area is 198 Å². The number of benzene rings is 2. The second kappa shape index (κ2) is 11.1. The summed E-state index contributed by atoms with van der Waals surface area (Å²) in [6.07, 6.45) is 0.710. The van der Waals surface area contributed by atoms with Crippen LogP contribution in [0.15, 0.2) is 53.0 Å². The van der Waals surface area contributed by atoms with Gasteiger partial charge in [-0.1, -0.05) is 59.7 Å². The van der Waals surface area contributed by atoms with Gasteiger partial charge in [0.15, 0.2) is 0 Å². The predicted octanol–water partition coefficient (Wildman–Crippen LogP) is 5.15. The number of hydrogen-bond acceptors (Lipinski definition) is 6. The fourth-order valence-corrected chi connectivity index (χ4v) is 3.88. The first kappa shape index (κ1) is 23.7. The Hall–Kier alpha value is -2.98. The zero-order valence-electron chi connectivity index (χ0n) is 17.9. The van der Waals surface area contributed by atoms with Crippen LogP contribution in [0.2, 0.25) is 0 Å². The van der Waals surface area contributed by atoms with E-state index in [1.165, 1.54) is 11.3 Å². The molecule has 0 spiro atoms. The molecule has 32 heavy (non-hydrogen) atoms. The molecule has 3 aromatic rings. The number of nitrogens with one attached hydrogen (secondary N) is 3. The summed E-state index contributed by atoms with van der Waals surface area (Å²) < 4.78 is 6.15. The molecule has 0 radical (unpaired) electrons. The van der Waals surface area contributed by atoms with Gasteiger partial charge in [0, 0.05) is 15.7 Å². The molecule has 0 saturated heterocycles. The Morgan fingerprint density at radius 3 is 2.56 bits per heavy atom. The number of halogens is 1. The zero-order valence-corrected chi connectivity index (χ0v) is 20.3. The van der Waals surface area contributed by atoms with Crippen LogP contribution in [0.1, 0.15) is 20.3 Å². The van der Waals surface area contributed by atoms with Crippen LogP contribution in [-0.4, -0.2) is 35.3 Å². The maximum Gasteiger partial charge on any atom is 0.319 e. The van der Waals surface area contributed by atoms with Crippen molar-refractivity contribution in [1.82, 2.24) is 15.5 Å². The van der Waals surface area contributed by atoms with Gasteiger partial charge in [-0.15, -0.1) is 10.2 Å². The van der Waals surface area contributed by atoms with E-state index in [9.17, 15) is 9.59 Å². The van der Waals surface area contributed by atoms with E-state index in [1.54, 1.807) is 19.2 Å². The molecule has 0 aliphatic carbocycles. The summed E-state index contributed by atoms with van der Waals surface area (Å²) in [5.41, 5.74) is 1.47. The number of carbonyl (C=O) groups excluding carboxylic acids is 2. The minimum absolute atomic E-state index is 0.0866. The van der Waals surface area contributed by atoms with Crippen molar-refractivity contribution in [1.29, 1.82) is 0 Å². The van der Waals surface area contributed by atoms with Gasteiger partial charge in [-0.25, -0.2) is 4.79 Å². The van der Waals surface area contributed by atoms with Crippen molar-refractivity contribution in [2.24, 2.45) is 5.92 Å². The molecule has 10 heteroatoms. The number of aromatic nitrogens is 2. The molecule has 0 aliphatic heterocycles. The fraction of sp³-hybridized carbons (Fsp3) is 0.273. The molecule has 3 amide bonds. The van der Waals surface area contributed by atoms with E-state index in [-0.39, 0.29) is 11.8 Å². The van der Waals surface area contributed by atoms with Gasteiger partial charge >= 0.3 is 6.03 Å². The first-order valence-corrected chi connectivity index (χ1v) is 11.6. The molecular weight excluding hydrogens is 494 g/mol.